The molecule has 1 heterocycles. The molecule has 0 bridgehead atoms. The number of hydrogen-bond donors (Lipinski definition) is 12. The lowest BCUT2D eigenvalue weighted by atomic mass is 10.0. The molecule has 7 unspecified atom stereocenters. The number of nitrogens with one attached hydrogen (secondary N) is 5. The molecule has 22 heteroatoms. The summed E-state index contributed by atoms with van der Waals surface area (Å²) >= 11 is 0. The smallest absolute Gasteiger partial charge is 0.326 e. The maximum absolute atomic E-state index is 14.1. The summed E-state index contributed by atoms with van der Waals surface area (Å²) in [6.45, 7) is 6.20. The first-order chi connectivity index (χ1) is 31.5. The highest BCUT2D eigenvalue weighted by Crippen LogP contribution is 2.21. The molecular weight excluding hydrogens is 873 g/mol. The van der Waals surface area contributed by atoms with Gasteiger partial charge < -0.3 is 69.7 Å². The number of carbonyl (C=O) groups excluding carboxylic acids is 8. The highest BCUT2D eigenvalue weighted by Gasteiger charge is 2.40. The van der Waals surface area contributed by atoms with Crippen LogP contribution in [0.25, 0.3) is 0 Å². The third kappa shape index (κ3) is 19.8. The molecular formula is C45H68N10O12. The van der Waals surface area contributed by atoms with Crippen LogP contribution in [-0.4, -0.2) is 135 Å². The van der Waals surface area contributed by atoms with Gasteiger partial charge in [0.15, 0.2) is 0 Å². The van der Waals surface area contributed by atoms with Crippen molar-refractivity contribution in [1.29, 1.82) is 0 Å². The van der Waals surface area contributed by atoms with Crippen LogP contribution in [0.5, 0.6) is 5.75 Å². The van der Waals surface area contributed by atoms with Gasteiger partial charge in [-0.2, -0.15) is 0 Å². The number of rotatable bonds is 25. The Morgan fingerprint density at radius 2 is 1.33 bits per heavy atom. The number of carbonyl (C=O) groups is 9. The Morgan fingerprint density at radius 1 is 0.731 bits per heavy atom. The maximum atomic E-state index is 14.1. The van der Waals surface area contributed by atoms with Crippen molar-refractivity contribution in [3.63, 3.8) is 0 Å². The number of hydrogen-bond acceptors (Lipinski definition) is 13. The molecule has 0 aliphatic carbocycles. The molecule has 370 valence electrons. The van der Waals surface area contributed by atoms with Crippen LogP contribution >= 0.6 is 0 Å². The van der Waals surface area contributed by atoms with Crippen LogP contribution in [-0.2, 0) is 56.0 Å². The lowest BCUT2D eigenvalue weighted by Gasteiger charge is -2.32. The van der Waals surface area contributed by atoms with Gasteiger partial charge in [-0.15, -0.1) is 0 Å². The third-order valence-electron chi connectivity index (χ3n) is 10.7. The van der Waals surface area contributed by atoms with E-state index in [1.807, 2.05) is 30.3 Å². The fraction of sp³-hybridized carbons (Fsp3) is 0.533. The van der Waals surface area contributed by atoms with E-state index in [0.717, 1.165) is 5.56 Å². The molecule has 3 rings (SSSR count). The minimum atomic E-state index is -1.64. The van der Waals surface area contributed by atoms with Crippen LogP contribution in [0.1, 0.15) is 83.8 Å². The largest absolute Gasteiger partial charge is 0.508 e. The molecule has 2 aromatic rings. The molecule has 2 aromatic carbocycles. The van der Waals surface area contributed by atoms with Crippen LogP contribution in [0.15, 0.2) is 54.6 Å². The lowest BCUT2D eigenvalue weighted by molar-refractivity contribution is -0.144. The second kappa shape index (κ2) is 28.4. The van der Waals surface area contributed by atoms with Crippen molar-refractivity contribution in [2.45, 2.75) is 134 Å². The van der Waals surface area contributed by atoms with E-state index < -0.39 is 108 Å². The number of carboxylic acid groups (broad SMARTS) is 1. The minimum absolute atomic E-state index is 0.0246. The zero-order chi connectivity index (χ0) is 50.4. The second-order valence-corrected chi connectivity index (χ2v) is 16.7. The van der Waals surface area contributed by atoms with Gasteiger partial charge >= 0.3 is 5.97 Å². The van der Waals surface area contributed by atoms with Crippen LogP contribution < -0.4 is 49.5 Å². The van der Waals surface area contributed by atoms with Gasteiger partial charge in [-0.3, -0.25) is 38.4 Å². The summed E-state index contributed by atoms with van der Waals surface area (Å²) < 4.78 is 0. The summed E-state index contributed by atoms with van der Waals surface area (Å²) in [4.78, 5) is 115. The number of amides is 8. The van der Waals surface area contributed by atoms with Gasteiger partial charge in [0.05, 0.1) is 12.1 Å². The molecule has 67 heavy (non-hydrogen) atoms. The molecule has 22 nitrogen and oxygen atoms in total. The molecule has 16 N–H and O–H groups in total. The van der Waals surface area contributed by atoms with E-state index >= 15 is 0 Å². The van der Waals surface area contributed by atoms with Crippen molar-refractivity contribution < 1.29 is 58.5 Å². The van der Waals surface area contributed by atoms with Gasteiger partial charge in [-0.25, -0.2) is 4.79 Å². The van der Waals surface area contributed by atoms with E-state index in [0.29, 0.717) is 37.8 Å². The third-order valence-corrected chi connectivity index (χ3v) is 10.7. The highest BCUT2D eigenvalue weighted by atomic mass is 16.4. The highest BCUT2D eigenvalue weighted by molar-refractivity contribution is 5.97. The topological polar surface area (TPSA) is 382 Å². The predicted octanol–water partition coefficient (Wildman–Crippen LogP) is -2.07. The number of carboxylic acids is 1. The molecule has 0 saturated carbocycles. The summed E-state index contributed by atoms with van der Waals surface area (Å²) in [5.41, 5.74) is 22.9. The first-order valence-corrected chi connectivity index (χ1v) is 22.1. The average Bonchev–Trinajstić information content (AvgIpc) is 3.76. The van der Waals surface area contributed by atoms with Crippen molar-refractivity contribution in [1.82, 2.24) is 31.5 Å². The van der Waals surface area contributed by atoms with E-state index in [2.05, 4.69) is 26.6 Å². The van der Waals surface area contributed by atoms with Gasteiger partial charge in [-0.05, 0) is 87.6 Å². The fourth-order valence-electron chi connectivity index (χ4n) is 7.05. The number of aromatic hydroxyl groups is 1. The SMILES string of the molecule is CC(=O)NC(Cc1ccc(O)cc1)C(=O)NC(CCCCN)C(=O)N1CCC[C@H]1C(=O)NC(C(=O)NC(C(=O)NC(CCC(N)=O)C(=O)O)C(C)O)C(C)C.NC(=O)C(N)Cc1ccccc1. The minimum Gasteiger partial charge on any atom is -0.508 e. The molecule has 8 amide bonds. The number of phenolic OH excluding ortho intramolecular Hbond substituents is 1. The number of unbranched alkanes of at least 4 members (excludes halogenated alkanes) is 1. The molecule has 0 aromatic heterocycles. The van der Waals surface area contributed by atoms with Gasteiger partial charge in [0, 0.05) is 26.3 Å². The molecule has 1 fully saturated rings. The zero-order valence-electron chi connectivity index (χ0n) is 38.4. The number of phenols is 1. The van der Waals surface area contributed by atoms with Gasteiger partial charge in [-0.1, -0.05) is 56.3 Å². The van der Waals surface area contributed by atoms with Crippen molar-refractivity contribution in [3.05, 3.63) is 65.7 Å². The number of aliphatic carboxylic acids is 1. The van der Waals surface area contributed by atoms with Gasteiger partial charge in [0.2, 0.25) is 47.3 Å². The number of nitrogens with zero attached hydrogens (tertiary/aromatic N) is 1. The monoisotopic (exact) mass is 941 g/mol. The summed E-state index contributed by atoms with van der Waals surface area (Å²) in [5, 5.41) is 42.0. The maximum Gasteiger partial charge on any atom is 0.326 e. The van der Waals surface area contributed by atoms with E-state index in [-0.39, 0.29) is 44.4 Å². The molecule has 0 spiro atoms. The summed E-state index contributed by atoms with van der Waals surface area (Å²) in [6.07, 6.45) is 0.277. The Morgan fingerprint density at radius 3 is 1.87 bits per heavy atom. The number of primary amides is 2. The van der Waals surface area contributed by atoms with Crippen LogP contribution in [0, 0.1) is 5.92 Å². The van der Waals surface area contributed by atoms with E-state index in [1.54, 1.807) is 26.0 Å². The van der Waals surface area contributed by atoms with Crippen molar-refractivity contribution in [3.8, 4) is 5.75 Å². The zero-order valence-corrected chi connectivity index (χ0v) is 38.4. The average molecular weight is 941 g/mol. The Labute approximate surface area is 389 Å². The van der Waals surface area contributed by atoms with Crippen LogP contribution in [0.3, 0.4) is 0 Å². The standard InChI is InChI=1S/C36H56N8O11.C9H12N2O/c1-19(2)29(33(51)43-30(20(3)45)34(52)41-25(36(54)55)14-15-28(38)48)42-32(50)27-9-7-17-44(27)35(53)24(8-5-6-16-37)40-31(49)26(39-21(4)46)18-22-10-12-23(47)13-11-22;10-8(9(11)12)6-7-4-2-1-3-5-7/h10-13,19-20,24-27,29-30,45,47H,5-9,14-18,37H2,1-4H3,(H2,38,48)(H,39,46)(H,40,49)(H,41,52)(H,42,50)(H,43,51)(H,54,55);1-5,8H,6,10H2,(H2,11,12)/t20?,24?,25?,26?,27-,29?,30?;/m0./s1. The molecule has 1 saturated heterocycles. The van der Waals surface area contributed by atoms with E-state index in [9.17, 15) is 58.5 Å². The fourth-order valence-corrected chi connectivity index (χ4v) is 7.05. The Bertz CT molecular complexity index is 1990. The number of aliphatic hydroxyl groups is 1. The molecule has 0 radical (unpaired) electrons. The first-order valence-electron chi connectivity index (χ1n) is 22.1. The lowest BCUT2D eigenvalue weighted by Crippen LogP contribution is -2.61. The number of likely N-dealkylation sites (tertiary alicyclic amines) is 1. The normalized spacial score (nSPS) is 16.3. The van der Waals surface area contributed by atoms with Crippen molar-refractivity contribution >= 4 is 53.2 Å². The summed E-state index contributed by atoms with van der Waals surface area (Å²) in [5.74, 6) is -7.49. The van der Waals surface area contributed by atoms with Crippen LogP contribution in [0.2, 0.25) is 0 Å². The van der Waals surface area contributed by atoms with Gasteiger partial charge in [0.25, 0.3) is 0 Å². The first kappa shape index (κ1) is 56.5. The number of aliphatic hydroxyl groups excluding tert-OH is 1. The molecule has 1 aliphatic heterocycles. The Balaban J connectivity index is 0.00000111. The summed E-state index contributed by atoms with van der Waals surface area (Å²) in [6, 6.07) is 7.46. The second-order valence-electron chi connectivity index (χ2n) is 16.7. The van der Waals surface area contributed by atoms with Crippen molar-refractivity contribution in [2.75, 3.05) is 13.1 Å². The summed E-state index contributed by atoms with van der Waals surface area (Å²) in [7, 11) is 0. The van der Waals surface area contributed by atoms with E-state index in [4.69, 9.17) is 22.9 Å². The predicted molar refractivity (Wildman–Crippen MR) is 245 cm³/mol. The van der Waals surface area contributed by atoms with E-state index in [1.165, 1.54) is 30.9 Å². The van der Waals surface area contributed by atoms with Crippen molar-refractivity contribution in [2.24, 2.45) is 28.9 Å². The number of nitrogens with two attached hydrogens (primary N) is 4. The van der Waals surface area contributed by atoms with Crippen LogP contribution in [0.4, 0.5) is 0 Å². The molecule has 8 atom stereocenters. The Kier molecular flexibility index (Phi) is 23.9. The van der Waals surface area contributed by atoms with Gasteiger partial charge in [0.1, 0.15) is 42.0 Å². The quantitative estimate of drug-likeness (QED) is 0.0476. The molecule has 1 aliphatic rings. The Hall–Kier alpha value is -6.65. The number of benzene rings is 2.